The summed E-state index contributed by atoms with van der Waals surface area (Å²) in [6.07, 6.45) is 2.04. The third-order valence-electron chi connectivity index (χ3n) is 6.12. The van der Waals surface area contributed by atoms with Gasteiger partial charge in [0.2, 0.25) is 0 Å². The molecule has 2 fully saturated rings. The number of amides is 2. The molecule has 1 aliphatic carbocycles. The number of hydrogen-bond acceptors (Lipinski definition) is 4. The van der Waals surface area contributed by atoms with Gasteiger partial charge in [-0.1, -0.05) is 41.9 Å². The third kappa shape index (κ3) is 5.06. The Labute approximate surface area is 198 Å². The van der Waals surface area contributed by atoms with Crippen molar-refractivity contribution in [3.63, 3.8) is 0 Å². The van der Waals surface area contributed by atoms with E-state index in [9.17, 15) is 9.59 Å². The Kier molecular flexibility index (Phi) is 6.09. The predicted octanol–water partition coefficient (Wildman–Crippen LogP) is 4.11. The Morgan fingerprint density at radius 3 is 2.36 bits per heavy atom. The van der Waals surface area contributed by atoms with Crippen molar-refractivity contribution < 1.29 is 14.3 Å². The van der Waals surface area contributed by atoms with Gasteiger partial charge < -0.3 is 19.9 Å². The minimum Gasteiger partial charge on any atom is -0.483 e. The van der Waals surface area contributed by atoms with E-state index in [-0.39, 0.29) is 24.5 Å². The molecular weight excluding hydrogens is 438 g/mol. The lowest BCUT2D eigenvalue weighted by Gasteiger charge is -2.36. The van der Waals surface area contributed by atoms with Crippen molar-refractivity contribution in [1.82, 2.24) is 10.2 Å². The first-order chi connectivity index (χ1) is 16.1. The SMILES string of the molecule is O=C(COc1cc2ccccc2cc1C(=O)N1CCN(c2cccc(Cl)c2)CC1)NC1CC1. The molecule has 3 aromatic carbocycles. The molecule has 33 heavy (non-hydrogen) atoms. The zero-order valence-electron chi connectivity index (χ0n) is 18.3. The number of fused-ring (bicyclic) bond motifs is 1. The summed E-state index contributed by atoms with van der Waals surface area (Å²) in [5, 5.41) is 5.56. The molecule has 1 saturated carbocycles. The number of benzene rings is 3. The van der Waals surface area contributed by atoms with Gasteiger partial charge in [-0.25, -0.2) is 0 Å². The van der Waals surface area contributed by atoms with Gasteiger partial charge in [-0.15, -0.1) is 0 Å². The van der Waals surface area contributed by atoms with Gasteiger partial charge in [-0.05, 0) is 53.9 Å². The number of carbonyl (C=O) groups is 2. The largest absolute Gasteiger partial charge is 0.483 e. The highest BCUT2D eigenvalue weighted by atomic mass is 35.5. The van der Waals surface area contributed by atoms with Crippen molar-refractivity contribution in [2.24, 2.45) is 0 Å². The van der Waals surface area contributed by atoms with Gasteiger partial charge in [-0.2, -0.15) is 0 Å². The van der Waals surface area contributed by atoms with E-state index in [0.29, 0.717) is 29.4 Å². The van der Waals surface area contributed by atoms with E-state index < -0.39 is 0 Å². The monoisotopic (exact) mass is 463 g/mol. The molecule has 2 aliphatic rings. The number of piperazine rings is 1. The lowest BCUT2D eigenvalue weighted by atomic mass is 10.0. The number of carbonyl (C=O) groups excluding carboxylic acids is 2. The Morgan fingerprint density at radius 1 is 0.939 bits per heavy atom. The van der Waals surface area contributed by atoms with E-state index in [0.717, 1.165) is 42.4 Å². The fraction of sp³-hybridized carbons (Fsp3) is 0.308. The van der Waals surface area contributed by atoms with Crippen LogP contribution in [-0.4, -0.2) is 55.5 Å². The fourth-order valence-electron chi connectivity index (χ4n) is 4.16. The van der Waals surface area contributed by atoms with Crippen LogP contribution in [0.25, 0.3) is 10.8 Å². The Hall–Kier alpha value is -3.25. The molecular formula is C26H26ClN3O3. The average molecular weight is 464 g/mol. The van der Waals surface area contributed by atoms with Crippen molar-refractivity contribution in [3.05, 3.63) is 71.2 Å². The highest BCUT2D eigenvalue weighted by molar-refractivity contribution is 6.30. The van der Waals surface area contributed by atoms with E-state index in [1.54, 1.807) is 0 Å². The number of hydrogen-bond donors (Lipinski definition) is 1. The molecule has 0 spiro atoms. The minimum absolute atomic E-state index is 0.0795. The number of nitrogens with zero attached hydrogens (tertiary/aromatic N) is 2. The maximum Gasteiger partial charge on any atom is 0.258 e. The highest BCUT2D eigenvalue weighted by Gasteiger charge is 2.26. The molecule has 0 bridgehead atoms. The topological polar surface area (TPSA) is 61.9 Å². The molecule has 0 unspecified atom stereocenters. The molecule has 0 radical (unpaired) electrons. The summed E-state index contributed by atoms with van der Waals surface area (Å²) in [4.78, 5) is 29.7. The first-order valence-corrected chi connectivity index (χ1v) is 11.7. The number of anilines is 1. The molecule has 2 amide bonds. The second kappa shape index (κ2) is 9.32. The average Bonchev–Trinajstić information content (AvgIpc) is 3.66. The normalized spacial score (nSPS) is 16.0. The van der Waals surface area contributed by atoms with Gasteiger partial charge in [0.05, 0.1) is 5.56 Å². The highest BCUT2D eigenvalue weighted by Crippen LogP contribution is 2.29. The van der Waals surface area contributed by atoms with Gasteiger partial charge in [0.25, 0.3) is 11.8 Å². The van der Waals surface area contributed by atoms with Crippen LogP contribution in [0.3, 0.4) is 0 Å². The molecule has 6 nitrogen and oxygen atoms in total. The smallest absolute Gasteiger partial charge is 0.258 e. The molecule has 1 saturated heterocycles. The maximum absolute atomic E-state index is 13.5. The van der Waals surface area contributed by atoms with E-state index in [4.69, 9.17) is 16.3 Å². The molecule has 3 aromatic rings. The van der Waals surface area contributed by atoms with Crippen LogP contribution in [0.4, 0.5) is 5.69 Å². The van der Waals surface area contributed by atoms with Crippen molar-refractivity contribution in [2.75, 3.05) is 37.7 Å². The van der Waals surface area contributed by atoms with Gasteiger partial charge in [0.1, 0.15) is 5.75 Å². The Balaban J connectivity index is 1.33. The molecule has 1 heterocycles. The zero-order chi connectivity index (χ0) is 22.8. The molecule has 0 aromatic heterocycles. The van der Waals surface area contributed by atoms with Crippen molar-refractivity contribution in [2.45, 2.75) is 18.9 Å². The summed E-state index contributed by atoms with van der Waals surface area (Å²) in [5.74, 6) is 0.213. The minimum atomic E-state index is -0.154. The second-order valence-electron chi connectivity index (χ2n) is 8.59. The molecule has 1 N–H and O–H groups in total. The summed E-state index contributed by atoms with van der Waals surface area (Å²) >= 11 is 6.14. The summed E-state index contributed by atoms with van der Waals surface area (Å²) in [6.45, 7) is 2.54. The van der Waals surface area contributed by atoms with Crippen LogP contribution in [0.15, 0.2) is 60.7 Å². The van der Waals surface area contributed by atoms with Gasteiger partial charge in [0, 0.05) is 42.9 Å². The van der Waals surface area contributed by atoms with E-state index in [1.807, 2.05) is 65.6 Å². The maximum atomic E-state index is 13.5. The van der Waals surface area contributed by atoms with Gasteiger partial charge in [0.15, 0.2) is 6.61 Å². The van der Waals surface area contributed by atoms with Gasteiger partial charge in [-0.3, -0.25) is 9.59 Å². The molecule has 1 aliphatic heterocycles. The van der Waals surface area contributed by atoms with Crippen LogP contribution >= 0.6 is 11.6 Å². The lowest BCUT2D eigenvalue weighted by molar-refractivity contribution is -0.123. The van der Waals surface area contributed by atoms with Crippen LogP contribution in [0.1, 0.15) is 23.2 Å². The predicted molar refractivity (Wildman–Crippen MR) is 130 cm³/mol. The zero-order valence-corrected chi connectivity index (χ0v) is 19.1. The van der Waals surface area contributed by atoms with Crippen molar-refractivity contribution >= 4 is 39.9 Å². The van der Waals surface area contributed by atoms with E-state index in [2.05, 4.69) is 10.2 Å². The summed E-state index contributed by atoms with van der Waals surface area (Å²) < 4.78 is 5.87. The number of rotatable bonds is 6. The van der Waals surface area contributed by atoms with E-state index >= 15 is 0 Å². The quantitative estimate of drug-likeness (QED) is 0.597. The molecule has 7 heteroatoms. The van der Waals surface area contributed by atoms with Crippen LogP contribution in [0.2, 0.25) is 5.02 Å². The van der Waals surface area contributed by atoms with Crippen LogP contribution < -0.4 is 15.0 Å². The number of nitrogens with one attached hydrogen (secondary N) is 1. The summed E-state index contributed by atoms with van der Waals surface area (Å²) in [7, 11) is 0. The lowest BCUT2D eigenvalue weighted by Crippen LogP contribution is -2.48. The van der Waals surface area contributed by atoms with Crippen LogP contribution in [-0.2, 0) is 4.79 Å². The Bertz CT molecular complexity index is 1190. The van der Waals surface area contributed by atoms with Crippen molar-refractivity contribution in [3.8, 4) is 5.75 Å². The molecule has 5 rings (SSSR count). The number of ether oxygens (including phenoxy) is 1. The Morgan fingerprint density at radius 2 is 1.67 bits per heavy atom. The standard InChI is InChI=1S/C26H26ClN3O3/c27-20-6-3-7-22(16-20)29-10-12-30(13-11-29)26(32)23-14-18-4-1-2-5-19(18)15-24(23)33-17-25(31)28-21-8-9-21/h1-7,14-16,21H,8-13,17H2,(H,28,31). The summed E-state index contributed by atoms with van der Waals surface area (Å²) in [5.41, 5.74) is 1.55. The molecule has 0 atom stereocenters. The third-order valence-corrected chi connectivity index (χ3v) is 6.35. The van der Waals surface area contributed by atoms with Crippen LogP contribution in [0.5, 0.6) is 5.75 Å². The summed E-state index contributed by atoms with van der Waals surface area (Å²) in [6, 6.07) is 19.6. The van der Waals surface area contributed by atoms with Gasteiger partial charge >= 0.3 is 0 Å². The molecule has 170 valence electrons. The second-order valence-corrected chi connectivity index (χ2v) is 9.02. The van der Waals surface area contributed by atoms with Crippen molar-refractivity contribution in [1.29, 1.82) is 0 Å². The first kappa shape index (κ1) is 21.6. The first-order valence-electron chi connectivity index (χ1n) is 11.3. The van der Waals surface area contributed by atoms with Crippen LogP contribution in [0, 0.1) is 0 Å². The number of halogens is 1. The fourth-order valence-corrected chi connectivity index (χ4v) is 4.34. The van der Waals surface area contributed by atoms with E-state index in [1.165, 1.54) is 0 Å².